The van der Waals surface area contributed by atoms with Gasteiger partial charge in [0.1, 0.15) is 17.7 Å². The zero-order valence-corrected chi connectivity index (χ0v) is 18.0. The number of likely N-dealkylation sites (tertiary alicyclic amines) is 1. The van der Waals surface area contributed by atoms with Gasteiger partial charge in [0.15, 0.2) is 0 Å². The Labute approximate surface area is 176 Å². The molecule has 2 heterocycles. The van der Waals surface area contributed by atoms with E-state index in [9.17, 15) is 14.4 Å². The van der Waals surface area contributed by atoms with Crippen LogP contribution >= 0.6 is 0 Å². The minimum atomic E-state index is -0.670. The molecule has 0 unspecified atom stereocenters. The van der Waals surface area contributed by atoms with Crippen molar-refractivity contribution in [2.24, 2.45) is 0 Å². The summed E-state index contributed by atoms with van der Waals surface area (Å²) in [7, 11) is 0. The van der Waals surface area contributed by atoms with Crippen LogP contribution < -0.4 is 0 Å². The lowest BCUT2D eigenvalue weighted by molar-refractivity contribution is -0.155. The fourth-order valence-electron chi connectivity index (χ4n) is 3.77. The first-order chi connectivity index (χ1) is 14.0. The number of hydrogen-bond donors (Lipinski definition) is 1. The highest BCUT2D eigenvalue weighted by molar-refractivity contribution is 5.98. The third kappa shape index (κ3) is 4.98. The number of amides is 2. The fraction of sp³-hybridized carbons (Fsp3) is 0.545. The number of rotatable bonds is 4. The van der Waals surface area contributed by atoms with Crippen LogP contribution in [0, 0.1) is 5.41 Å². The molecule has 8 nitrogen and oxygen atoms in total. The molecule has 2 aliphatic rings. The summed E-state index contributed by atoms with van der Waals surface area (Å²) in [5, 5.41) is 7.65. The Bertz CT molecular complexity index is 849. The van der Waals surface area contributed by atoms with Crippen LogP contribution in [0.15, 0.2) is 24.3 Å². The maximum Gasteiger partial charge on any atom is 0.411 e. The molecule has 0 atom stereocenters. The molecule has 2 saturated heterocycles. The summed E-state index contributed by atoms with van der Waals surface area (Å²) in [5.41, 5.74) is 0.530. The number of nitrogens with zero attached hydrogens (tertiary/aromatic N) is 2. The van der Waals surface area contributed by atoms with Gasteiger partial charge in [0.05, 0.1) is 6.54 Å². The van der Waals surface area contributed by atoms with Crippen LogP contribution in [0.1, 0.15) is 56.5 Å². The third-order valence-corrected chi connectivity index (χ3v) is 5.31. The maximum atomic E-state index is 12.8. The molecule has 2 amide bonds. The number of carbonyl (C=O) groups is 3. The summed E-state index contributed by atoms with van der Waals surface area (Å²) >= 11 is 0. The van der Waals surface area contributed by atoms with E-state index in [1.807, 2.05) is 0 Å². The van der Waals surface area contributed by atoms with E-state index in [0.717, 1.165) is 5.56 Å². The van der Waals surface area contributed by atoms with Gasteiger partial charge < -0.3 is 19.8 Å². The first kappa shape index (κ1) is 21.8. The van der Waals surface area contributed by atoms with Crippen molar-refractivity contribution in [1.82, 2.24) is 9.80 Å². The SMILES string of the molecule is CC(=N)c1ccc(C(=O)N2CCC3(CC2)CN(CC(=O)OC(C)(C)C)C(=O)O3)cc1. The topological polar surface area (TPSA) is 100 Å². The number of nitrogens with one attached hydrogen (secondary N) is 1. The van der Waals surface area contributed by atoms with Crippen LogP contribution in [0.5, 0.6) is 0 Å². The molecule has 1 spiro atoms. The molecule has 1 aromatic carbocycles. The Morgan fingerprint density at radius 1 is 1.13 bits per heavy atom. The van der Waals surface area contributed by atoms with Crippen LogP contribution in [-0.4, -0.2) is 70.9 Å². The largest absolute Gasteiger partial charge is 0.459 e. The lowest BCUT2D eigenvalue weighted by Crippen LogP contribution is -2.49. The normalized spacial score (nSPS) is 18.3. The molecule has 1 N–H and O–H groups in total. The molecule has 2 fully saturated rings. The Kier molecular flexibility index (Phi) is 5.87. The lowest BCUT2D eigenvalue weighted by atomic mass is 9.91. The first-order valence-electron chi connectivity index (χ1n) is 10.1. The number of hydrogen-bond acceptors (Lipinski definition) is 6. The highest BCUT2D eigenvalue weighted by Gasteiger charge is 2.48. The summed E-state index contributed by atoms with van der Waals surface area (Å²) in [5.74, 6) is -0.540. The molecule has 30 heavy (non-hydrogen) atoms. The molecule has 0 saturated carbocycles. The van der Waals surface area contributed by atoms with E-state index in [1.54, 1.807) is 56.9 Å². The molecule has 162 valence electrons. The van der Waals surface area contributed by atoms with Crippen LogP contribution in [0.25, 0.3) is 0 Å². The Hall–Kier alpha value is -2.90. The summed E-state index contributed by atoms with van der Waals surface area (Å²) in [6.45, 7) is 8.16. The second-order valence-electron chi connectivity index (χ2n) is 8.99. The summed E-state index contributed by atoms with van der Waals surface area (Å²) in [6, 6.07) is 7.01. The zero-order chi connectivity index (χ0) is 22.1. The number of esters is 1. The smallest absolute Gasteiger partial charge is 0.411 e. The monoisotopic (exact) mass is 415 g/mol. The second kappa shape index (κ2) is 8.08. The van der Waals surface area contributed by atoms with Crippen molar-refractivity contribution in [2.75, 3.05) is 26.2 Å². The van der Waals surface area contributed by atoms with Crippen molar-refractivity contribution in [3.63, 3.8) is 0 Å². The molecule has 8 heteroatoms. The van der Waals surface area contributed by atoms with E-state index < -0.39 is 23.3 Å². The average molecular weight is 415 g/mol. The van der Waals surface area contributed by atoms with Gasteiger partial charge in [-0.3, -0.25) is 14.5 Å². The van der Waals surface area contributed by atoms with Crippen molar-refractivity contribution < 1.29 is 23.9 Å². The Morgan fingerprint density at radius 2 is 1.70 bits per heavy atom. The van der Waals surface area contributed by atoms with Gasteiger partial charge in [0.25, 0.3) is 5.91 Å². The molecule has 2 aliphatic heterocycles. The molecular formula is C22H29N3O5. The van der Waals surface area contributed by atoms with Crippen LogP contribution in [-0.2, 0) is 14.3 Å². The maximum absolute atomic E-state index is 12.8. The van der Waals surface area contributed by atoms with Gasteiger partial charge >= 0.3 is 12.1 Å². The first-order valence-corrected chi connectivity index (χ1v) is 10.1. The Morgan fingerprint density at radius 3 is 2.23 bits per heavy atom. The van der Waals surface area contributed by atoms with Crippen molar-refractivity contribution in [1.29, 1.82) is 5.41 Å². The standard InChI is InChI=1S/C22H29N3O5/c1-15(23)16-5-7-17(8-6-16)19(27)24-11-9-22(10-12-24)14-25(20(28)30-22)13-18(26)29-21(2,3)4/h5-8,23H,9-14H2,1-4H3. The quantitative estimate of drug-likeness (QED) is 0.602. The summed E-state index contributed by atoms with van der Waals surface area (Å²) in [6.07, 6.45) is 0.526. The highest BCUT2D eigenvalue weighted by atomic mass is 16.6. The third-order valence-electron chi connectivity index (χ3n) is 5.31. The minimum absolute atomic E-state index is 0.0750. The molecule has 3 rings (SSSR count). The molecule has 0 bridgehead atoms. The predicted octanol–water partition coefficient (Wildman–Crippen LogP) is 2.84. The van der Waals surface area contributed by atoms with Gasteiger partial charge in [-0.2, -0.15) is 0 Å². The fourth-order valence-corrected chi connectivity index (χ4v) is 3.77. The predicted molar refractivity (Wildman–Crippen MR) is 111 cm³/mol. The van der Waals surface area contributed by atoms with Crippen LogP contribution in [0.4, 0.5) is 4.79 Å². The molecular weight excluding hydrogens is 386 g/mol. The number of piperidine rings is 1. The van der Waals surface area contributed by atoms with Gasteiger partial charge in [-0.25, -0.2) is 4.79 Å². The van der Waals surface area contributed by atoms with Gasteiger partial charge in [-0.1, -0.05) is 12.1 Å². The van der Waals surface area contributed by atoms with Gasteiger partial charge in [-0.05, 0) is 45.4 Å². The van der Waals surface area contributed by atoms with E-state index in [1.165, 1.54) is 4.90 Å². The highest BCUT2D eigenvalue weighted by Crippen LogP contribution is 2.33. The van der Waals surface area contributed by atoms with Crippen molar-refractivity contribution in [2.45, 2.75) is 51.7 Å². The van der Waals surface area contributed by atoms with E-state index >= 15 is 0 Å². The van der Waals surface area contributed by atoms with Crippen LogP contribution in [0.3, 0.4) is 0 Å². The Balaban J connectivity index is 1.57. The average Bonchev–Trinajstić information content (AvgIpc) is 2.95. The number of benzene rings is 1. The number of carbonyl (C=O) groups excluding carboxylic acids is 3. The van der Waals surface area contributed by atoms with E-state index in [0.29, 0.717) is 43.8 Å². The van der Waals surface area contributed by atoms with Crippen molar-refractivity contribution in [3.8, 4) is 0 Å². The van der Waals surface area contributed by atoms with E-state index in [-0.39, 0.29) is 12.5 Å². The molecule has 1 aromatic rings. The molecule has 0 aromatic heterocycles. The van der Waals surface area contributed by atoms with Gasteiger partial charge in [0, 0.05) is 37.2 Å². The van der Waals surface area contributed by atoms with E-state index in [4.69, 9.17) is 14.9 Å². The molecule has 0 radical (unpaired) electrons. The summed E-state index contributed by atoms with van der Waals surface area (Å²) in [4.78, 5) is 40.2. The summed E-state index contributed by atoms with van der Waals surface area (Å²) < 4.78 is 10.9. The molecule has 0 aliphatic carbocycles. The second-order valence-corrected chi connectivity index (χ2v) is 8.99. The van der Waals surface area contributed by atoms with Gasteiger partial charge in [-0.15, -0.1) is 0 Å². The zero-order valence-electron chi connectivity index (χ0n) is 18.0. The van der Waals surface area contributed by atoms with Crippen molar-refractivity contribution >= 4 is 23.7 Å². The van der Waals surface area contributed by atoms with E-state index in [2.05, 4.69) is 0 Å². The number of ether oxygens (including phenoxy) is 2. The van der Waals surface area contributed by atoms with Crippen molar-refractivity contribution in [3.05, 3.63) is 35.4 Å². The minimum Gasteiger partial charge on any atom is -0.459 e. The lowest BCUT2D eigenvalue weighted by Gasteiger charge is -2.37. The van der Waals surface area contributed by atoms with Crippen LogP contribution in [0.2, 0.25) is 0 Å². The van der Waals surface area contributed by atoms with Gasteiger partial charge in [0.2, 0.25) is 0 Å².